The fourth-order valence-electron chi connectivity index (χ4n) is 7.73. The van der Waals surface area contributed by atoms with Crippen molar-refractivity contribution >= 4 is 11.9 Å². The number of ether oxygens (including phenoxy) is 1. The highest BCUT2D eigenvalue weighted by Gasteiger charge is 2.24. The van der Waals surface area contributed by atoms with Gasteiger partial charge in [0.1, 0.15) is 6.10 Å². The lowest BCUT2D eigenvalue weighted by Crippen LogP contribution is -2.46. The summed E-state index contributed by atoms with van der Waals surface area (Å²) in [7, 11) is 0. The summed E-state index contributed by atoms with van der Waals surface area (Å²) in [6, 6.07) is -0.690. The number of esters is 1. The topological polar surface area (TPSA) is 95.9 Å². The van der Waals surface area contributed by atoms with Gasteiger partial charge in [-0.25, -0.2) is 0 Å². The number of amides is 1. The fraction of sp³-hybridized carbons (Fsp3) is 0.958. The predicted octanol–water partition coefficient (Wildman–Crippen LogP) is 14.0. The van der Waals surface area contributed by atoms with Crippen LogP contribution in [0.25, 0.3) is 0 Å². The van der Waals surface area contributed by atoms with Crippen molar-refractivity contribution in [2.45, 2.75) is 289 Å². The minimum absolute atomic E-state index is 0.0871. The molecule has 0 saturated heterocycles. The van der Waals surface area contributed by atoms with Crippen molar-refractivity contribution in [1.29, 1.82) is 0 Å². The van der Waals surface area contributed by atoms with E-state index >= 15 is 0 Å². The molecule has 3 N–H and O–H groups in total. The van der Waals surface area contributed by atoms with E-state index in [1.165, 1.54) is 180 Å². The van der Waals surface area contributed by atoms with Gasteiger partial charge >= 0.3 is 5.97 Å². The molecule has 54 heavy (non-hydrogen) atoms. The summed E-state index contributed by atoms with van der Waals surface area (Å²) in [5.41, 5.74) is 0. The van der Waals surface area contributed by atoms with Crippen LogP contribution in [0.15, 0.2) is 0 Å². The molecule has 0 spiro atoms. The van der Waals surface area contributed by atoms with Crippen LogP contribution < -0.4 is 5.32 Å². The fourth-order valence-corrected chi connectivity index (χ4v) is 7.73. The van der Waals surface area contributed by atoms with Gasteiger partial charge in [-0.05, 0) is 25.7 Å². The van der Waals surface area contributed by atoms with E-state index in [2.05, 4.69) is 26.1 Å². The summed E-state index contributed by atoms with van der Waals surface area (Å²) in [4.78, 5) is 26.0. The van der Waals surface area contributed by atoms with Crippen molar-refractivity contribution < 1.29 is 24.5 Å². The quantitative estimate of drug-likeness (QED) is 0.0424. The van der Waals surface area contributed by atoms with Crippen molar-refractivity contribution in [3.8, 4) is 0 Å². The Hall–Kier alpha value is -1.14. The van der Waals surface area contributed by atoms with E-state index in [9.17, 15) is 19.8 Å². The van der Waals surface area contributed by atoms with E-state index in [0.29, 0.717) is 19.3 Å². The third-order valence-corrected chi connectivity index (χ3v) is 11.4. The van der Waals surface area contributed by atoms with Crippen LogP contribution in [0.2, 0.25) is 0 Å². The van der Waals surface area contributed by atoms with Crippen LogP contribution in [0.1, 0.15) is 271 Å². The zero-order chi connectivity index (χ0) is 39.6. The highest BCUT2D eigenvalue weighted by atomic mass is 16.5. The van der Waals surface area contributed by atoms with Gasteiger partial charge in [-0.15, -0.1) is 0 Å². The first-order valence-corrected chi connectivity index (χ1v) is 24.3. The van der Waals surface area contributed by atoms with Gasteiger partial charge in [-0.3, -0.25) is 9.59 Å². The minimum atomic E-state index is -0.777. The lowest BCUT2D eigenvalue weighted by atomic mass is 10.0. The lowest BCUT2D eigenvalue weighted by molar-refractivity contribution is -0.151. The Morgan fingerprint density at radius 1 is 0.463 bits per heavy atom. The number of nitrogens with one attached hydrogen (secondary N) is 1. The average Bonchev–Trinajstić information content (AvgIpc) is 3.16. The monoisotopic (exact) mass is 766 g/mol. The van der Waals surface area contributed by atoms with E-state index in [4.69, 9.17) is 4.74 Å². The molecule has 6 heteroatoms. The predicted molar refractivity (Wildman–Crippen MR) is 232 cm³/mol. The molecule has 0 fully saturated rings. The number of hydrogen-bond acceptors (Lipinski definition) is 5. The van der Waals surface area contributed by atoms with Gasteiger partial charge in [0, 0.05) is 6.42 Å². The highest BCUT2D eigenvalue weighted by Crippen LogP contribution is 2.18. The summed E-state index contributed by atoms with van der Waals surface area (Å²) < 4.78 is 5.91. The van der Waals surface area contributed by atoms with E-state index < -0.39 is 18.2 Å². The van der Waals surface area contributed by atoms with E-state index in [1.807, 2.05) is 0 Å². The molecule has 0 radical (unpaired) electrons. The first kappa shape index (κ1) is 52.9. The zero-order valence-corrected chi connectivity index (χ0v) is 36.6. The van der Waals surface area contributed by atoms with Gasteiger partial charge < -0.3 is 20.3 Å². The van der Waals surface area contributed by atoms with Crippen LogP contribution in [0.3, 0.4) is 0 Å². The molecule has 0 saturated carbocycles. The number of carbonyl (C=O) groups excluding carboxylic acids is 2. The molecule has 0 rings (SSSR count). The third-order valence-electron chi connectivity index (χ3n) is 11.4. The van der Waals surface area contributed by atoms with Crippen molar-refractivity contribution in [1.82, 2.24) is 5.32 Å². The Bertz CT molecular complexity index is 776. The summed E-state index contributed by atoms with van der Waals surface area (Å²) in [6.07, 6.45) is 44.4. The molecule has 0 aromatic rings. The molecule has 0 aromatic carbocycles. The first-order valence-electron chi connectivity index (χ1n) is 24.3. The van der Waals surface area contributed by atoms with Crippen LogP contribution >= 0.6 is 0 Å². The Morgan fingerprint density at radius 3 is 1.13 bits per heavy atom. The molecular weight excluding hydrogens is 671 g/mol. The molecule has 322 valence electrons. The number of carbonyl (C=O) groups is 2. The number of aliphatic hydroxyl groups is 2. The van der Waals surface area contributed by atoms with Gasteiger partial charge in [-0.2, -0.15) is 0 Å². The molecule has 0 bridgehead atoms. The third kappa shape index (κ3) is 37.8. The largest absolute Gasteiger partial charge is 0.462 e. The van der Waals surface area contributed by atoms with Gasteiger partial charge in [0.2, 0.25) is 5.91 Å². The SMILES string of the molecule is CCCCCCCCCCCCCCCC(O)C(CO)NC(=O)CC(CCCCCCCCCCCCCC)OC(=O)CCCCCCCCCCCC. The van der Waals surface area contributed by atoms with Crippen LogP contribution in [-0.2, 0) is 14.3 Å². The van der Waals surface area contributed by atoms with Crippen LogP contribution in [-0.4, -0.2) is 46.9 Å². The van der Waals surface area contributed by atoms with Crippen molar-refractivity contribution in [3.05, 3.63) is 0 Å². The Labute approximate surface area is 336 Å². The normalized spacial score (nSPS) is 13.2. The highest BCUT2D eigenvalue weighted by molar-refractivity contribution is 5.77. The molecule has 0 aliphatic heterocycles. The maximum atomic E-state index is 13.1. The minimum Gasteiger partial charge on any atom is -0.462 e. The molecular formula is C48H95NO5. The maximum absolute atomic E-state index is 13.1. The van der Waals surface area contributed by atoms with Gasteiger partial charge in [0.15, 0.2) is 0 Å². The standard InChI is InChI=1S/C48H95NO5/c1-4-7-10-13-16-19-22-24-26-28-31-34-37-40-46(51)45(43-50)49-47(52)42-44(39-36-33-30-27-25-23-20-17-14-11-8-5-2)54-48(53)41-38-35-32-29-21-18-15-12-9-6-3/h44-46,50-51H,4-43H2,1-3H3,(H,49,52). The molecule has 0 aliphatic carbocycles. The number of unbranched alkanes of at least 4 members (excludes halogenated alkanes) is 32. The Morgan fingerprint density at radius 2 is 0.778 bits per heavy atom. The molecule has 3 unspecified atom stereocenters. The van der Waals surface area contributed by atoms with Crippen LogP contribution in [0.5, 0.6) is 0 Å². The lowest BCUT2D eigenvalue weighted by Gasteiger charge is -2.24. The molecule has 6 nitrogen and oxygen atoms in total. The second kappa shape index (κ2) is 43.0. The van der Waals surface area contributed by atoms with Gasteiger partial charge in [-0.1, -0.05) is 233 Å². The number of hydrogen-bond donors (Lipinski definition) is 3. The second-order valence-electron chi connectivity index (χ2n) is 16.9. The molecule has 3 atom stereocenters. The Balaban J connectivity index is 4.51. The van der Waals surface area contributed by atoms with Crippen LogP contribution in [0, 0.1) is 0 Å². The van der Waals surface area contributed by atoms with Gasteiger partial charge in [0.05, 0.1) is 25.2 Å². The van der Waals surface area contributed by atoms with E-state index in [-0.39, 0.29) is 24.9 Å². The molecule has 0 aromatic heterocycles. The van der Waals surface area contributed by atoms with E-state index in [0.717, 1.165) is 44.9 Å². The summed E-state index contributed by atoms with van der Waals surface area (Å²) in [5.74, 6) is -0.457. The molecule has 0 aliphatic rings. The smallest absolute Gasteiger partial charge is 0.306 e. The molecule has 1 amide bonds. The van der Waals surface area contributed by atoms with Crippen molar-refractivity contribution in [2.75, 3.05) is 6.61 Å². The summed E-state index contributed by atoms with van der Waals surface area (Å²) in [6.45, 7) is 6.48. The van der Waals surface area contributed by atoms with Crippen LogP contribution in [0.4, 0.5) is 0 Å². The van der Waals surface area contributed by atoms with E-state index in [1.54, 1.807) is 0 Å². The Kier molecular flexibility index (Phi) is 42.1. The summed E-state index contributed by atoms with van der Waals surface area (Å²) >= 11 is 0. The maximum Gasteiger partial charge on any atom is 0.306 e. The van der Waals surface area contributed by atoms with Crippen molar-refractivity contribution in [3.63, 3.8) is 0 Å². The molecule has 0 heterocycles. The summed E-state index contributed by atoms with van der Waals surface area (Å²) in [5, 5.41) is 23.7. The number of aliphatic hydroxyl groups excluding tert-OH is 2. The first-order chi connectivity index (χ1) is 26.5. The van der Waals surface area contributed by atoms with Crippen molar-refractivity contribution in [2.24, 2.45) is 0 Å². The zero-order valence-electron chi connectivity index (χ0n) is 36.6. The van der Waals surface area contributed by atoms with Gasteiger partial charge in [0.25, 0.3) is 0 Å². The average molecular weight is 766 g/mol. The second-order valence-corrected chi connectivity index (χ2v) is 16.9. The number of rotatable bonds is 44.